The van der Waals surface area contributed by atoms with Crippen LogP contribution in [0.5, 0.6) is 0 Å². The Kier molecular flexibility index (Phi) is 3.88. The zero-order valence-corrected chi connectivity index (χ0v) is 13.4. The third-order valence-electron chi connectivity index (χ3n) is 4.57. The molecule has 0 fully saturated rings. The molecule has 0 saturated heterocycles. The zero-order chi connectivity index (χ0) is 15.7. The zero-order valence-electron chi connectivity index (χ0n) is 13.4. The maximum absolute atomic E-state index is 12.5. The van der Waals surface area contributed by atoms with E-state index in [4.69, 9.17) is 0 Å². The van der Waals surface area contributed by atoms with Crippen molar-refractivity contribution in [2.45, 2.75) is 27.2 Å². The number of hydrogen-bond donors (Lipinski definition) is 1. The van der Waals surface area contributed by atoms with Crippen LogP contribution in [0.1, 0.15) is 34.0 Å². The first-order valence-electron chi connectivity index (χ1n) is 7.85. The van der Waals surface area contributed by atoms with Gasteiger partial charge >= 0.3 is 0 Å². The van der Waals surface area contributed by atoms with Crippen molar-refractivity contribution in [3.8, 4) is 0 Å². The number of amides is 1. The molecule has 2 aromatic carbocycles. The van der Waals surface area contributed by atoms with E-state index < -0.39 is 0 Å². The van der Waals surface area contributed by atoms with Crippen molar-refractivity contribution < 1.29 is 4.79 Å². The number of anilines is 2. The fourth-order valence-electron chi connectivity index (χ4n) is 3.05. The Morgan fingerprint density at radius 1 is 1.23 bits per heavy atom. The van der Waals surface area contributed by atoms with E-state index in [2.05, 4.69) is 29.3 Å². The molecule has 0 bridgehead atoms. The van der Waals surface area contributed by atoms with Gasteiger partial charge in [0.25, 0.3) is 5.91 Å². The van der Waals surface area contributed by atoms with Crippen LogP contribution in [-0.4, -0.2) is 19.0 Å². The van der Waals surface area contributed by atoms with Crippen LogP contribution in [-0.2, 0) is 6.42 Å². The molecule has 0 saturated carbocycles. The summed E-state index contributed by atoms with van der Waals surface area (Å²) in [5.41, 5.74) is 6.40. The molecule has 3 heteroatoms. The van der Waals surface area contributed by atoms with Crippen LogP contribution in [0.3, 0.4) is 0 Å². The van der Waals surface area contributed by atoms with Gasteiger partial charge in [0, 0.05) is 30.0 Å². The Balaban J connectivity index is 1.85. The van der Waals surface area contributed by atoms with Gasteiger partial charge in [-0.3, -0.25) is 4.79 Å². The fourth-order valence-corrected chi connectivity index (χ4v) is 3.05. The number of fused-ring (bicyclic) bond motifs is 1. The first kappa shape index (κ1) is 14.6. The molecule has 114 valence electrons. The summed E-state index contributed by atoms with van der Waals surface area (Å²) in [5, 5.41) is 3.04. The summed E-state index contributed by atoms with van der Waals surface area (Å²) in [7, 11) is 0. The fraction of sp³-hybridized carbons (Fsp3) is 0.316. The highest BCUT2D eigenvalue weighted by Gasteiger charge is 2.18. The van der Waals surface area contributed by atoms with E-state index >= 15 is 0 Å². The highest BCUT2D eigenvalue weighted by molar-refractivity contribution is 6.05. The quantitative estimate of drug-likeness (QED) is 0.930. The summed E-state index contributed by atoms with van der Waals surface area (Å²) >= 11 is 0. The molecular weight excluding hydrogens is 272 g/mol. The molecule has 0 spiro atoms. The van der Waals surface area contributed by atoms with E-state index in [-0.39, 0.29) is 5.91 Å². The topological polar surface area (TPSA) is 32.3 Å². The van der Waals surface area contributed by atoms with E-state index in [0.717, 1.165) is 41.9 Å². The molecule has 0 aromatic heterocycles. The summed E-state index contributed by atoms with van der Waals surface area (Å²) in [5.74, 6) is -0.0396. The van der Waals surface area contributed by atoms with Crippen LogP contribution in [0.2, 0.25) is 0 Å². The number of likely N-dealkylation sites (N-methyl/N-ethyl adjacent to an activating group) is 1. The van der Waals surface area contributed by atoms with Crippen molar-refractivity contribution in [3.05, 3.63) is 58.7 Å². The molecule has 0 unspecified atom stereocenters. The normalized spacial score (nSPS) is 13.1. The van der Waals surface area contributed by atoms with Gasteiger partial charge in [0.05, 0.1) is 0 Å². The average molecular weight is 294 g/mol. The molecule has 1 heterocycles. The standard InChI is InChI=1S/C19H22N2O/c1-4-21-11-10-15-8-9-16(12-18(15)21)20-19(22)17-7-5-6-13(2)14(17)3/h5-9,12H,4,10-11H2,1-3H3,(H,20,22). The minimum atomic E-state index is -0.0396. The van der Waals surface area contributed by atoms with E-state index in [0.29, 0.717) is 0 Å². The molecule has 0 atom stereocenters. The molecule has 2 aromatic rings. The minimum absolute atomic E-state index is 0.0396. The molecule has 1 aliphatic rings. The van der Waals surface area contributed by atoms with Gasteiger partial charge < -0.3 is 10.2 Å². The van der Waals surface area contributed by atoms with Crippen LogP contribution >= 0.6 is 0 Å². The van der Waals surface area contributed by atoms with Gasteiger partial charge in [0.1, 0.15) is 0 Å². The molecule has 3 nitrogen and oxygen atoms in total. The SMILES string of the molecule is CCN1CCc2ccc(NC(=O)c3cccc(C)c3C)cc21. The molecule has 3 rings (SSSR count). The summed E-state index contributed by atoms with van der Waals surface area (Å²) in [6.07, 6.45) is 1.09. The molecule has 0 radical (unpaired) electrons. The van der Waals surface area contributed by atoms with Gasteiger partial charge in [-0.05, 0) is 62.1 Å². The number of nitrogens with one attached hydrogen (secondary N) is 1. The number of carbonyl (C=O) groups excluding carboxylic acids is 1. The third kappa shape index (κ3) is 2.59. The van der Waals surface area contributed by atoms with E-state index in [9.17, 15) is 4.79 Å². The minimum Gasteiger partial charge on any atom is -0.371 e. The van der Waals surface area contributed by atoms with Crippen molar-refractivity contribution in [1.29, 1.82) is 0 Å². The van der Waals surface area contributed by atoms with Crippen LogP contribution in [0.15, 0.2) is 36.4 Å². The predicted octanol–water partition coefficient (Wildman–Crippen LogP) is 3.94. The lowest BCUT2D eigenvalue weighted by Crippen LogP contribution is -2.19. The van der Waals surface area contributed by atoms with Crippen molar-refractivity contribution in [2.75, 3.05) is 23.3 Å². The highest BCUT2D eigenvalue weighted by Crippen LogP contribution is 2.30. The number of carbonyl (C=O) groups is 1. The lowest BCUT2D eigenvalue weighted by Gasteiger charge is -2.17. The first-order chi connectivity index (χ1) is 10.6. The second kappa shape index (κ2) is 5.84. The van der Waals surface area contributed by atoms with E-state index in [1.54, 1.807) is 0 Å². The molecule has 0 aliphatic carbocycles. The van der Waals surface area contributed by atoms with Gasteiger partial charge in [-0.2, -0.15) is 0 Å². The Bertz CT molecular complexity index is 721. The van der Waals surface area contributed by atoms with Gasteiger partial charge in [-0.15, -0.1) is 0 Å². The van der Waals surface area contributed by atoms with Gasteiger partial charge in [0.15, 0.2) is 0 Å². The van der Waals surface area contributed by atoms with Crippen molar-refractivity contribution in [1.82, 2.24) is 0 Å². The molecule has 1 amide bonds. The summed E-state index contributed by atoms with van der Waals surface area (Å²) in [4.78, 5) is 14.9. The van der Waals surface area contributed by atoms with Gasteiger partial charge in [-0.25, -0.2) is 0 Å². The van der Waals surface area contributed by atoms with Crippen LogP contribution in [0.4, 0.5) is 11.4 Å². The lowest BCUT2D eigenvalue weighted by atomic mass is 10.0. The molecule has 1 aliphatic heterocycles. The Morgan fingerprint density at radius 3 is 2.82 bits per heavy atom. The van der Waals surface area contributed by atoms with Crippen molar-refractivity contribution in [2.24, 2.45) is 0 Å². The molecular formula is C19H22N2O. The second-order valence-corrected chi connectivity index (χ2v) is 5.87. The third-order valence-corrected chi connectivity index (χ3v) is 4.57. The maximum atomic E-state index is 12.5. The van der Waals surface area contributed by atoms with Crippen LogP contribution < -0.4 is 10.2 Å². The number of hydrogen-bond acceptors (Lipinski definition) is 2. The van der Waals surface area contributed by atoms with Crippen molar-refractivity contribution >= 4 is 17.3 Å². The first-order valence-corrected chi connectivity index (χ1v) is 7.85. The van der Waals surface area contributed by atoms with Crippen LogP contribution in [0.25, 0.3) is 0 Å². The number of nitrogens with zero attached hydrogens (tertiary/aromatic N) is 1. The predicted molar refractivity (Wildman–Crippen MR) is 91.9 cm³/mol. The summed E-state index contributed by atoms with van der Waals surface area (Å²) in [6, 6.07) is 12.1. The Morgan fingerprint density at radius 2 is 2.05 bits per heavy atom. The largest absolute Gasteiger partial charge is 0.371 e. The monoisotopic (exact) mass is 294 g/mol. The summed E-state index contributed by atoms with van der Waals surface area (Å²) < 4.78 is 0. The van der Waals surface area contributed by atoms with Gasteiger partial charge in [-0.1, -0.05) is 18.2 Å². The summed E-state index contributed by atoms with van der Waals surface area (Å²) in [6.45, 7) is 8.25. The lowest BCUT2D eigenvalue weighted by molar-refractivity contribution is 0.102. The van der Waals surface area contributed by atoms with E-state index in [1.165, 1.54) is 11.3 Å². The van der Waals surface area contributed by atoms with Crippen LogP contribution in [0, 0.1) is 13.8 Å². The molecule has 1 N–H and O–H groups in total. The van der Waals surface area contributed by atoms with Crippen molar-refractivity contribution in [3.63, 3.8) is 0 Å². The Labute approximate surface area is 132 Å². The Hall–Kier alpha value is -2.29. The number of aryl methyl sites for hydroxylation is 1. The molecule has 22 heavy (non-hydrogen) atoms. The second-order valence-electron chi connectivity index (χ2n) is 5.87. The average Bonchev–Trinajstić information content (AvgIpc) is 2.92. The number of benzene rings is 2. The van der Waals surface area contributed by atoms with Gasteiger partial charge in [0.2, 0.25) is 0 Å². The number of rotatable bonds is 3. The smallest absolute Gasteiger partial charge is 0.255 e. The maximum Gasteiger partial charge on any atom is 0.255 e. The van der Waals surface area contributed by atoms with E-state index in [1.807, 2.05) is 38.1 Å². The highest BCUT2D eigenvalue weighted by atomic mass is 16.1.